The molecular formula is C23H30N4O2. The van der Waals surface area contributed by atoms with Crippen LogP contribution in [-0.4, -0.2) is 37.0 Å². The van der Waals surface area contributed by atoms with Crippen molar-refractivity contribution in [2.24, 2.45) is 0 Å². The fraction of sp³-hybridized carbons (Fsp3) is 0.391. The molecule has 2 aromatic carbocycles. The molecule has 1 heterocycles. The van der Waals surface area contributed by atoms with Gasteiger partial charge in [0.25, 0.3) is 0 Å². The number of carbonyl (C=O) groups is 2. The first kappa shape index (κ1) is 20.9. The van der Waals surface area contributed by atoms with Crippen LogP contribution in [0.3, 0.4) is 0 Å². The molecule has 0 spiro atoms. The zero-order valence-corrected chi connectivity index (χ0v) is 17.3. The second-order valence-corrected chi connectivity index (χ2v) is 7.59. The van der Waals surface area contributed by atoms with E-state index in [4.69, 9.17) is 0 Å². The number of nitrogens with zero attached hydrogens (tertiary/aromatic N) is 2. The summed E-state index contributed by atoms with van der Waals surface area (Å²) in [6.45, 7) is 5.37. The number of rotatable bonds is 6. The number of piperidine rings is 1. The Kier molecular flexibility index (Phi) is 7.25. The first-order chi connectivity index (χ1) is 14.0. The van der Waals surface area contributed by atoms with Gasteiger partial charge in [-0.25, -0.2) is 4.79 Å². The number of urea groups is 1. The van der Waals surface area contributed by atoms with Crippen molar-refractivity contribution in [3.8, 4) is 0 Å². The average Bonchev–Trinajstić information content (AvgIpc) is 2.74. The highest BCUT2D eigenvalue weighted by molar-refractivity contribution is 5.92. The number of amides is 3. The van der Waals surface area contributed by atoms with Gasteiger partial charge in [-0.05, 0) is 61.3 Å². The van der Waals surface area contributed by atoms with E-state index < -0.39 is 0 Å². The molecule has 6 heteroatoms. The summed E-state index contributed by atoms with van der Waals surface area (Å²) in [6.07, 6.45) is 3.95. The maximum Gasteiger partial charge on any atom is 0.319 e. The zero-order chi connectivity index (χ0) is 20.6. The van der Waals surface area contributed by atoms with Crippen molar-refractivity contribution in [3.05, 3.63) is 59.7 Å². The molecule has 1 saturated heterocycles. The molecule has 0 saturated carbocycles. The van der Waals surface area contributed by atoms with Gasteiger partial charge in [0.15, 0.2) is 0 Å². The summed E-state index contributed by atoms with van der Waals surface area (Å²) in [5.74, 6) is -0.0367. The average molecular weight is 395 g/mol. The van der Waals surface area contributed by atoms with E-state index in [1.54, 1.807) is 36.2 Å². The highest BCUT2D eigenvalue weighted by atomic mass is 16.2. The lowest BCUT2D eigenvalue weighted by atomic mass is 10.1. The third kappa shape index (κ3) is 6.32. The lowest BCUT2D eigenvalue weighted by Crippen LogP contribution is -2.29. The van der Waals surface area contributed by atoms with Crippen LogP contribution in [-0.2, 0) is 17.9 Å². The van der Waals surface area contributed by atoms with Crippen LogP contribution in [0.15, 0.2) is 48.5 Å². The Bertz CT molecular complexity index is 812. The molecule has 0 atom stereocenters. The lowest BCUT2D eigenvalue weighted by molar-refractivity contribution is -0.116. The molecule has 0 unspecified atom stereocenters. The molecule has 0 radical (unpaired) electrons. The molecule has 0 bridgehead atoms. The van der Waals surface area contributed by atoms with Crippen LogP contribution < -0.4 is 15.5 Å². The van der Waals surface area contributed by atoms with Crippen LogP contribution in [0, 0.1) is 0 Å². The van der Waals surface area contributed by atoms with Gasteiger partial charge in [-0.3, -0.25) is 9.69 Å². The summed E-state index contributed by atoms with van der Waals surface area (Å²) in [6, 6.07) is 15.4. The van der Waals surface area contributed by atoms with E-state index in [2.05, 4.69) is 39.8 Å². The van der Waals surface area contributed by atoms with Gasteiger partial charge in [0, 0.05) is 38.4 Å². The highest BCUT2D eigenvalue weighted by Gasteiger charge is 2.10. The van der Waals surface area contributed by atoms with Crippen molar-refractivity contribution in [1.29, 1.82) is 0 Å². The predicted octanol–water partition coefficient (Wildman–Crippen LogP) is 3.98. The molecule has 3 rings (SSSR count). The lowest BCUT2D eigenvalue weighted by Gasteiger charge is -2.26. The molecule has 1 aliphatic heterocycles. The number of carbonyl (C=O) groups excluding carboxylic acids is 2. The van der Waals surface area contributed by atoms with Gasteiger partial charge < -0.3 is 15.5 Å². The predicted molar refractivity (Wildman–Crippen MR) is 117 cm³/mol. The first-order valence-electron chi connectivity index (χ1n) is 10.2. The Labute approximate surface area is 172 Å². The van der Waals surface area contributed by atoms with Crippen LogP contribution in [0.1, 0.15) is 37.3 Å². The van der Waals surface area contributed by atoms with E-state index in [9.17, 15) is 9.59 Å². The van der Waals surface area contributed by atoms with Gasteiger partial charge in [0.05, 0.1) is 0 Å². The number of benzene rings is 2. The number of likely N-dealkylation sites (tertiary alicyclic amines) is 1. The molecule has 1 aliphatic rings. The van der Waals surface area contributed by atoms with Crippen LogP contribution in [0.25, 0.3) is 0 Å². The minimum atomic E-state index is -0.255. The van der Waals surface area contributed by atoms with E-state index in [1.807, 2.05) is 0 Å². The third-order valence-electron chi connectivity index (χ3n) is 5.32. The SMILES string of the molecule is CC(=O)N(C)c1ccc(NC(=O)NCc2ccc(CN3CCCCC3)cc2)cc1. The topological polar surface area (TPSA) is 64.7 Å². The third-order valence-corrected chi connectivity index (χ3v) is 5.32. The van der Waals surface area contributed by atoms with Crippen LogP contribution >= 0.6 is 0 Å². The van der Waals surface area contributed by atoms with Gasteiger partial charge >= 0.3 is 6.03 Å². The van der Waals surface area contributed by atoms with E-state index in [0.717, 1.165) is 17.8 Å². The molecule has 29 heavy (non-hydrogen) atoms. The quantitative estimate of drug-likeness (QED) is 0.779. The summed E-state index contributed by atoms with van der Waals surface area (Å²) in [5.41, 5.74) is 3.85. The fourth-order valence-corrected chi connectivity index (χ4v) is 3.45. The molecular weight excluding hydrogens is 364 g/mol. The summed E-state index contributed by atoms with van der Waals surface area (Å²) in [4.78, 5) is 27.6. The van der Waals surface area contributed by atoms with Gasteiger partial charge in [-0.15, -0.1) is 0 Å². The van der Waals surface area contributed by atoms with Crippen molar-refractivity contribution in [3.63, 3.8) is 0 Å². The van der Waals surface area contributed by atoms with Gasteiger partial charge in [0.1, 0.15) is 0 Å². The van der Waals surface area contributed by atoms with Crippen LogP contribution in [0.5, 0.6) is 0 Å². The van der Waals surface area contributed by atoms with E-state index in [1.165, 1.54) is 44.8 Å². The first-order valence-corrected chi connectivity index (χ1v) is 10.2. The van der Waals surface area contributed by atoms with Crippen molar-refractivity contribution in [2.75, 3.05) is 30.4 Å². The van der Waals surface area contributed by atoms with Gasteiger partial charge in [-0.1, -0.05) is 30.7 Å². The second kappa shape index (κ2) is 10.1. The van der Waals surface area contributed by atoms with Crippen LogP contribution in [0.2, 0.25) is 0 Å². The monoisotopic (exact) mass is 394 g/mol. The molecule has 0 aliphatic carbocycles. The Morgan fingerprint density at radius 3 is 2.17 bits per heavy atom. The van der Waals surface area contributed by atoms with Crippen molar-refractivity contribution in [1.82, 2.24) is 10.2 Å². The van der Waals surface area contributed by atoms with Gasteiger partial charge in [0.2, 0.25) is 5.91 Å². The smallest absolute Gasteiger partial charge is 0.319 e. The number of anilines is 2. The Morgan fingerprint density at radius 1 is 0.931 bits per heavy atom. The maximum absolute atomic E-state index is 12.1. The molecule has 2 aromatic rings. The summed E-state index contributed by atoms with van der Waals surface area (Å²) in [5, 5.41) is 5.69. The Morgan fingerprint density at radius 2 is 1.55 bits per heavy atom. The van der Waals surface area contributed by atoms with Crippen molar-refractivity contribution >= 4 is 23.3 Å². The Hall–Kier alpha value is -2.86. The molecule has 6 nitrogen and oxygen atoms in total. The summed E-state index contributed by atoms with van der Waals surface area (Å²) in [7, 11) is 1.72. The maximum atomic E-state index is 12.1. The number of nitrogens with one attached hydrogen (secondary N) is 2. The molecule has 3 amide bonds. The summed E-state index contributed by atoms with van der Waals surface area (Å²) < 4.78 is 0. The molecule has 0 aromatic heterocycles. The van der Waals surface area contributed by atoms with E-state index in [0.29, 0.717) is 12.2 Å². The number of hydrogen-bond donors (Lipinski definition) is 2. The molecule has 2 N–H and O–H groups in total. The number of hydrogen-bond acceptors (Lipinski definition) is 3. The van der Waals surface area contributed by atoms with Gasteiger partial charge in [-0.2, -0.15) is 0 Å². The minimum absolute atomic E-state index is 0.0367. The standard InChI is InChI=1S/C23H30N4O2/c1-18(28)26(2)22-12-10-21(11-13-22)25-23(29)24-16-19-6-8-20(9-7-19)17-27-14-4-3-5-15-27/h6-13H,3-5,14-17H2,1-2H3,(H2,24,25,29). The summed E-state index contributed by atoms with van der Waals surface area (Å²) >= 11 is 0. The highest BCUT2D eigenvalue weighted by Crippen LogP contribution is 2.17. The van der Waals surface area contributed by atoms with E-state index >= 15 is 0 Å². The molecule has 1 fully saturated rings. The zero-order valence-electron chi connectivity index (χ0n) is 17.3. The minimum Gasteiger partial charge on any atom is -0.334 e. The van der Waals surface area contributed by atoms with E-state index in [-0.39, 0.29) is 11.9 Å². The fourth-order valence-electron chi connectivity index (χ4n) is 3.45. The van der Waals surface area contributed by atoms with Crippen molar-refractivity contribution in [2.45, 2.75) is 39.3 Å². The van der Waals surface area contributed by atoms with Crippen LogP contribution in [0.4, 0.5) is 16.2 Å². The molecule has 154 valence electrons. The second-order valence-electron chi connectivity index (χ2n) is 7.59. The van der Waals surface area contributed by atoms with Crippen molar-refractivity contribution < 1.29 is 9.59 Å². The largest absolute Gasteiger partial charge is 0.334 e. The Balaban J connectivity index is 1.44. The normalized spacial score (nSPS) is 14.3.